The van der Waals surface area contributed by atoms with Gasteiger partial charge in [0.15, 0.2) is 0 Å². The molecular weight excluding hydrogens is 462 g/mol. The molecule has 0 radical (unpaired) electrons. The molecule has 0 unspecified atom stereocenters. The van der Waals surface area contributed by atoms with Crippen LogP contribution in [0.25, 0.3) is 0 Å². The van der Waals surface area contributed by atoms with E-state index in [9.17, 15) is 4.79 Å². The van der Waals surface area contributed by atoms with Crippen LogP contribution in [0.5, 0.6) is 0 Å². The number of rotatable bonds is 9. The molecule has 8 nitrogen and oxygen atoms in total. The maximum Gasteiger partial charge on any atom is 0.271 e. The monoisotopic (exact) mass is 491 g/mol. The maximum atomic E-state index is 12.7. The summed E-state index contributed by atoms with van der Waals surface area (Å²) < 4.78 is 0. The second kappa shape index (κ2) is 13.3. The molecule has 3 aromatic carbocycles. The van der Waals surface area contributed by atoms with Crippen LogP contribution in [0.2, 0.25) is 0 Å². The number of amides is 1. The van der Waals surface area contributed by atoms with Crippen LogP contribution in [0.1, 0.15) is 45.5 Å². The van der Waals surface area contributed by atoms with Crippen LogP contribution in [0.3, 0.4) is 0 Å². The first kappa shape index (κ1) is 26.8. The van der Waals surface area contributed by atoms with Crippen molar-refractivity contribution in [3.63, 3.8) is 0 Å². The number of hydrazone groups is 1. The average Bonchev–Trinajstić information content (AvgIpc) is 2.90. The Morgan fingerprint density at radius 2 is 1.46 bits per heavy atom. The molecule has 0 bridgehead atoms. The predicted molar refractivity (Wildman–Crippen MR) is 145 cm³/mol. The summed E-state index contributed by atoms with van der Waals surface area (Å²) in [6.45, 7) is 6.92. The Bertz CT molecular complexity index is 1340. The van der Waals surface area contributed by atoms with Crippen molar-refractivity contribution in [2.45, 2.75) is 33.6 Å². The Hall–Kier alpha value is -4.82. The van der Waals surface area contributed by atoms with Gasteiger partial charge in [0.2, 0.25) is 5.84 Å². The normalized spacial score (nSPS) is 11.1. The number of carbonyl (C=O) groups excluding carboxylic acids is 1. The molecule has 0 aliphatic rings. The number of aryl methyl sites for hydroxylation is 3. The Balaban J connectivity index is 1.93. The van der Waals surface area contributed by atoms with Gasteiger partial charge in [-0.3, -0.25) is 4.79 Å². The van der Waals surface area contributed by atoms with Gasteiger partial charge in [-0.25, -0.2) is 5.43 Å². The highest BCUT2D eigenvalue weighted by Gasteiger charge is 2.13. The lowest BCUT2D eigenvalue weighted by molar-refractivity contribution is 0.0955. The Kier molecular flexibility index (Phi) is 9.64. The Labute approximate surface area is 217 Å². The molecule has 3 aromatic rings. The first-order valence-electron chi connectivity index (χ1n) is 11.9. The smallest absolute Gasteiger partial charge is 0.271 e. The minimum Gasteiger partial charge on any atom is -0.369 e. The van der Waals surface area contributed by atoms with Gasteiger partial charge < -0.3 is 4.90 Å². The fourth-order valence-corrected chi connectivity index (χ4v) is 3.56. The number of hydrogen-bond donors (Lipinski definition) is 1. The van der Waals surface area contributed by atoms with Gasteiger partial charge in [-0.15, -0.1) is 15.3 Å². The number of nitrogens with zero attached hydrogens (tertiary/aromatic N) is 6. The fraction of sp³-hybridized carbons (Fsp3) is 0.241. The van der Waals surface area contributed by atoms with Crippen molar-refractivity contribution in [1.29, 1.82) is 10.5 Å². The summed E-state index contributed by atoms with van der Waals surface area (Å²) in [4.78, 5) is 14.7. The molecule has 37 heavy (non-hydrogen) atoms. The van der Waals surface area contributed by atoms with Gasteiger partial charge in [0.25, 0.3) is 5.91 Å². The van der Waals surface area contributed by atoms with Crippen LogP contribution in [0, 0.1) is 43.4 Å². The highest BCUT2D eigenvalue weighted by molar-refractivity contribution is 6.02. The van der Waals surface area contributed by atoms with E-state index in [4.69, 9.17) is 10.5 Å². The maximum absolute atomic E-state index is 12.7. The molecule has 0 saturated heterocycles. The van der Waals surface area contributed by atoms with Crippen LogP contribution in [0.4, 0.5) is 11.4 Å². The SMILES string of the molecule is Cc1ccc(N=N/C(=N\NC(=O)c2ccc(C)cc2)c2ccc(N(CCC#N)CCC#N)cc2C)cc1. The molecule has 0 fully saturated rings. The molecule has 3 rings (SSSR count). The van der Waals surface area contributed by atoms with E-state index < -0.39 is 0 Å². The van der Waals surface area contributed by atoms with Crippen molar-refractivity contribution < 1.29 is 4.79 Å². The lowest BCUT2D eigenvalue weighted by atomic mass is 10.1. The molecular formula is C29H29N7O. The molecule has 186 valence electrons. The quantitative estimate of drug-likeness (QED) is 0.168. The minimum atomic E-state index is -0.350. The average molecular weight is 492 g/mol. The number of nitrogens with one attached hydrogen (secondary N) is 1. The molecule has 1 N–H and O–H groups in total. The van der Waals surface area contributed by atoms with Crippen molar-refractivity contribution in [2.24, 2.45) is 15.3 Å². The Morgan fingerprint density at radius 1 is 0.865 bits per heavy atom. The first-order valence-corrected chi connectivity index (χ1v) is 11.9. The number of anilines is 1. The van der Waals surface area contributed by atoms with Gasteiger partial charge >= 0.3 is 0 Å². The third-order valence-corrected chi connectivity index (χ3v) is 5.67. The fourth-order valence-electron chi connectivity index (χ4n) is 3.56. The lowest BCUT2D eigenvalue weighted by Crippen LogP contribution is -2.25. The zero-order valence-electron chi connectivity index (χ0n) is 21.3. The molecule has 0 atom stereocenters. The van der Waals surface area contributed by atoms with Gasteiger partial charge in [0, 0.05) is 29.9 Å². The number of azo groups is 1. The molecule has 1 amide bonds. The summed E-state index contributed by atoms with van der Waals surface area (Å²) in [7, 11) is 0. The molecule has 0 aliphatic heterocycles. The topological polar surface area (TPSA) is 117 Å². The standard InChI is InChI=1S/C29H29N7O/c1-21-6-10-24(11-7-21)29(37)35-34-28(33-32-25-12-8-22(2)9-13-25)27-15-14-26(20-23(27)3)36(18-4-16-30)19-5-17-31/h6-15,20H,4-5,18-19H2,1-3H3,(H,35,37)/b33-32?,34-28-. The van der Waals surface area contributed by atoms with Gasteiger partial charge in [0.1, 0.15) is 0 Å². The third-order valence-electron chi connectivity index (χ3n) is 5.67. The van der Waals surface area contributed by atoms with Gasteiger partial charge in [-0.2, -0.15) is 10.5 Å². The summed E-state index contributed by atoms with van der Waals surface area (Å²) in [6.07, 6.45) is 0.712. The Morgan fingerprint density at radius 3 is 2.03 bits per heavy atom. The largest absolute Gasteiger partial charge is 0.369 e. The van der Waals surface area contributed by atoms with Crippen molar-refractivity contribution in [2.75, 3.05) is 18.0 Å². The van der Waals surface area contributed by atoms with E-state index >= 15 is 0 Å². The first-order chi connectivity index (χ1) is 17.9. The predicted octanol–water partition coefficient (Wildman–Crippen LogP) is 6.12. The van der Waals surface area contributed by atoms with Gasteiger partial charge in [0.05, 0.1) is 30.7 Å². The van der Waals surface area contributed by atoms with Gasteiger partial charge in [-0.05, 0) is 68.8 Å². The minimum absolute atomic E-state index is 0.255. The van der Waals surface area contributed by atoms with E-state index in [0.717, 1.165) is 22.4 Å². The van der Waals surface area contributed by atoms with E-state index in [1.54, 1.807) is 12.1 Å². The number of carbonyl (C=O) groups is 1. The third kappa shape index (κ3) is 7.84. The van der Waals surface area contributed by atoms with Crippen LogP contribution in [0.15, 0.2) is 82.1 Å². The summed E-state index contributed by atoms with van der Waals surface area (Å²) >= 11 is 0. The number of nitriles is 2. The van der Waals surface area contributed by atoms with E-state index in [-0.39, 0.29) is 11.7 Å². The lowest BCUT2D eigenvalue weighted by Gasteiger charge is -2.23. The van der Waals surface area contributed by atoms with Crippen LogP contribution >= 0.6 is 0 Å². The molecule has 0 saturated carbocycles. The van der Waals surface area contributed by atoms with Crippen LogP contribution < -0.4 is 10.3 Å². The molecule has 0 heterocycles. The van der Waals surface area contributed by atoms with Crippen LogP contribution in [-0.2, 0) is 0 Å². The summed E-state index contributed by atoms with van der Waals surface area (Å²) in [6, 6.07) is 24.9. The highest BCUT2D eigenvalue weighted by Crippen LogP contribution is 2.22. The van der Waals surface area contributed by atoms with E-state index in [1.807, 2.05) is 80.3 Å². The second-order valence-corrected chi connectivity index (χ2v) is 8.58. The summed E-state index contributed by atoms with van der Waals surface area (Å²) in [5.41, 5.74) is 8.37. The molecule has 0 aliphatic carbocycles. The molecule has 8 heteroatoms. The second-order valence-electron chi connectivity index (χ2n) is 8.58. The van der Waals surface area contributed by atoms with Crippen molar-refractivity contribution >= 4 is 23.1 Å². The summed E-state index contributed by atoms with van der Waals surface area (Å²) in [5.74, 6) is -0.0952. The van der Waals surface area contributed by atoms with Gasteiger partial charge in [-0.1, -0.05) is 35.4 Å². The number of amidine groups is 1. The molecule has 0 aromatic heterocycles. The number of benzene rings is 3. The van der Waals surface area contributed by atoms with Crippen molar-refractivity contribution in [3.05, 3.63) is 94.5 Å². The van der Waals surface area contributed by atoms with Crippen LogP contribution in [-0.4, -0.2) is 24.8 Å². The van der Waals surface area contributed by atoms with E-state index in [1.165, 1.54) is 0 Å². The van der Waals surface area contributed by atoms with Crippen molar-refractivity contribution in [3.8, 4) is 12.1 Å². The zero-order valence-corrected chi connectivity index (χ0v) is 21.3. The van der Waals surface area contributed by atoms with Crippen molar-refractivity contribution in [1.82, 2.24) is 5.43 Å². The zero-order chi connectivity index (χ0) is 26.6. The summed E-state index contributed by atoms with van der Waals surface area (Å²) in [5, 5.41) is 31.0. The highest BCUT2D eigenvalue weighted by atomic mass is 16.2. The molecule has 0 spiro atoms. The number of hydrogen-bond acceptors (Lipinski definition) is 6. The van der Waals surface area contributed by atoms with E-state index in [2.05, 4.69) is 32.9 Å². The van der Waals surface area contributed by atoms with E-state index in [0.29, 0.717) is 42.7 Å².